The Labute approximate surface area is 227 Å². The molecule has 0 spiro atoms. The molecule has 39 heavy (non-hydrogen) atoms. The van der Waals surface area contributed by atoms with Gasteiger partial charge in [0.05, 0.1) is 0 Å². The number of carbonyl (C=O) groups is 3. The van der Waals surface area contributed by atoms with Crippen molar-refractivity contribution >= 4 is 18.0 Å². The maximum atomic E-state index is 13.3. The molecule has 0 aromatic heterocycles. The number of rotatable bonds is 9. The van der Waals surface area contributed by atoms with E-state index in [4.69, 9.17) is 9.84 Å². The van der Waals surface area contributed by atoms with Crippen LogP contribution in [0.25, 0.3) is 11.1 Å². The van der Waals surface area contributed by atoms with Crippen molar-refractivity contribution in [1.29, 1.82) is 0 Å². The number of amides is 2. The Morgan fingerprint density at radius 1 is 0.949 bits per heavy atom. The zero-order chi connectivity index (χ0) is 27.2. The molecular formula is C31H31N3O5. The van der Waals surface area contributed by atoms with Gasteiger partial charge in [-0.05, 0) is 34.2 Å². The second-order valence-corrected chi connectivity index (χ2v) is 9.93. The third-order valence-electron chi connectivity index (χ3n) is 7.36. The smallest absolute Gasteiger partial charge is 0.408 e. The highest BCUT2D eigenvalue weighted by Crippen LogP contribution is 2.44. The summed E-state index contributed by atoms with van der Waals surface area (Å²) in [7, 11) is 0. The summed E-state index contributed by atoms with van der Waals surface area (Å²) in [6, 6.07) is 26.2. The first-order valence-corrected chi connectivity index (χ1v) is 13.0. The average molecular weight is 526 g/mol. The van der Waals surface area contributed by atoms with E-state index in [1.807, 2.05) is 54.6 Å². The predicted molar refractivity (Wildman–Crippen MR) is 147 cm³/mol. The summed E-state index contributed by atoms with van der Waals surface area (Å²) in [5, 5.41) is 14.4. The summed E-state index contributed by atoms with van der Waals surface area (Å²) in [6.07, 6.45) is 2.08. The molecule has 1 aliphatic heterocycles. The van der Waals surface area contributed by atoms with Crippen LogP contribution in [0.15, 0.2) is 91.0 Å². The molecule has 2 aliphatic rings. The molecule has 1 aliphatic carbocycles. The molecule has 2 amide bonds. The Kier molecular flexibility index (Phi) is 7.74. The lowest BCUT2D eigenvalue weighted by atomic mass is 9.97. The highest BCUT2D eigenvalue weighted by molar-refractivity contribution is 5.91. The van der Waals surface area contributed by atoms with E-state index in [9.17, 15) is 14.4 Å². The normalized spacial score (nSPS) is 18.5. The number of carboxylic acids is 1. The minimum absolute atomic E-state index is 0.0396. The van der Waals surface area contributed by atoms with E-state index in [0.717, 1.165) is 33.9 Å². The molecule has 0 saturated carbocycles. The zero-order valence-electron chi connectivity index (χ0n) is 21.5. The van der Waals surface area contributed by atoms with Gasteiger partial charge < -0.3 is 20.5 Å². The van der Waals surface area contributed by atoms with E-state index in [1.54, 1.807) is 0 Å². The van der Waals surface area contributed by atoms with Crippen molar-refractivity contribution in [3.63, 3.8) is 0 Å². The molecule has 1 fully saturated rings. The van der Waals surface area contributed by atoms with Gasteiger partial charge in [-0.15, -0.1) is 0 Å². The number of nitrogens with zero attached hydrogens (tertiary/aromatic N) is 1. The Balaban J connectivity index is 1.28. The van der Waals surface area contributed by atoms with Crippen LogP contribution in [0.4, 0.5) is 4.79 Å². The molecule has 8 nitrogen and oxygen atoms in total. The van der Waals surface area contributed by atoms with Crippen LogP contribution < -0.4 is 10.6 Å². The van der Waals surface area contributed by atoms with E-state index in [-0.39, 0.29) is 25.0 Å². The van der Waals surface area contributed by atoms with Gasteiger partial charge in [-0.3, -0.25) is 9.69 Å². The van der Waals surface area contributed by atoms with Gasteiger partial charge in [0.15, 0.2) is 0 Å². The lowest BCUT2D eigenvalue weighted by Gasteiger charge is -2.29. The monoisotopic (exact) mass is 525 g/mol. The minimum atomic E-state index is -1.20. The lowest BCUT2D eigenvalue weighted by Crippen LogP contribution is -2.60. The molecule has 3 aromatic carbocycles. The van der Waals surface area contributed by atoms with Crippen molar-refractivity contribution in [2.75, 3.05) is 26.2 Å². The molecule has 0 bridgehead atoms. The molecule has 3 aromatic rings. The van der Waals surface area contributed by atoms with Crippen LogP contribution in [0.3, 0.4) is 0 Å². The standard InChI is InChI=1S/C31H31N3O5/c35-28(36)15-8-17-32-29(37)31(16-18-34(21-31)19-22-9-2-1-3-10-22)33-30(38)39-20-27-25-13-6-4-11-23(25)24-12-5-7-14-26(24)27/h1-15,27H,16-21H2,(H,32,37)(H,33,38)(H,35,36)/b15-8+. The summed E-state index contributed by atoms with van der Waals surface area (Å²) in [6.45, 7) is 1.74. The van der Waals surface area contributed by atoms with Gasteiger partial charge in [-0.25, -0.2) is 9.59 Å². The first-order chi connectivity index (χ1) is 18.9. The molecule has 1 unspecified atom stereocenters. The lowest BCUT2D eigenvalue weighted by molar-refractivity contribution is -0.131. The van der Waals surface area contributed by atoms with Gasteiger partial charge >= 0.3 is 12.1 Å². The van der Waals surface area contributed by atoms with Crippen LogP contribution >= 0.6 is 0 Å². The largest absolute Gasteiger partial charge is 0.478 e. The predicted octanol–water partition coefficient (Wildman–Crippen LogP) is 3.93. The minimum Gasteiger partial charge on any atom is -0.478 e. The first kappa shape index (κ1) is 26.2. The maximum absolute atomic E-state index is 13.3. The third kappa shape index (κ3) is 5.86. The van der Waals surface area contributed by atoms with Crippen LogP contribution in [-0.4, -0.2) is 59.8 Å². The van der Waals surface area contributed by atoms with Crippen LogP contribution in [0.5, 0.6) is 0 Å². The highest BCUT2D eigenvalue weighted by Gasteiger charge is 2.46. The molecular weight excluding hydrogens is 494 g/mol. The number of alkyl carbamates (subject to hydrolysis) is 1. The number of hydrogen-bond donors (Lipinski definition) is 3. The highest BCUT2D eigenvalue weighted by atomic mass is 16.5. The van der Waals surface area contributed by atoms with Gasteiger partial charge in [-0.2, -0.15) is 0 Å². The molecule has 8 heteroatoms. The number of carboxylic acid groups (broad SMARTS) is 1. The quantitative estimate of drug-likeness (QED) is 0.366. The van der Waals surface area contributed by atoms with E-state index >= 15 is 0 Å². The van der Waals surface area contributed by atoms with Crippen molar-refractivity contribution < 1.29 is 24.2 Å². The topological polar surface area (TPSA) is 108 Å². The third-order valence-corrected chi connectivity index (χ3v) is 7.36. The Bertz CT molecular complexity index is 1340. The van der Waals surface area contributed by atoms with Crippen molar-refractivity contribution in [2.24, 2.45) is 0 Å². The number of nitrogens with one attached hydrogen (secondary N) is 2. The van der Waals surface area contributed by atoms with Gasteiger partial charge in [0.2, 0.25) is 5.91 Å². The molecule has 0 radical (unpaired) electrons. The number of hydrogen-bond acceptors (Lipinski definition) is 5. The van der Waals surface area contributed by atoms with Crippen LogP contribution in [0.2, 0.25) is 0 Å². The molecule has 200 valence electrons. The fraction of sp³-hybridized carbons (Fsp3) is 0.258. The number of benzene rings is 3. The zero-order valence-corrected chi connectivity index (χ0v) is 21.5. The molecule has 1 heterocycles. The van der Waals surface area contributed by atoms with E-state index in [2.05, 4.69) is 39.8 Å². The Morgan fingerprint density at radius 3 is 2.26 bits per heavy atom. The number of likely N-dealkylation sites (tertiary alicyclic amines) is 1. The van der Waals surface area contributed by atoms with E-state index in [0.29, 0.717) is 26.1 Å². The van der Waals surface area contributed by atoms with Gasteiger partial charge in [0, 0.05) is 38.2 Å². The second-order valence-electron chi connectivity index (χ2n) is 9.93. The summed E-state index contributed by atoms with van der Waals surface area (Å²) >= 11 is 0. The van der Waals surface area contributed by atoms with Gasteiger partial charge in [-0.1, -0.05) is 84.9 Å². The van der Waals surface area contributed by atoms with Gasteiger partial charge in [0.25, 0.3) is 0 Å². The number of fused-ring (bicyclic) bond motifs is 3. The fourth-order valence-electron chi connectivity index (χ4n) is 5.52. The van der Waals surface area contributed by atoms with Crippen LogP contribution in [0, 0.1) is 0 Å². The van der Waals surface area contributed by atoms with Crippen molar-refractivity contribution in [2.45, 2.75) is 24.4 Å². The summed E-state index contributed by atoms with van der Waals surface area (Å²) in [5.41, 5.74) is 4.41. The molecule has 1 atom stereocenters. The van der Waals surface area contributed by atoms with E-state index in [1.165, 1.54) is 6.08 Å². The second kappa shape index (κ2) is 11.5. The number of ether oxygens (including phenoxy) is 1. The molecule has 1 saturated heterocycles. The Morgan fingerprint density at radius 2 is 1.59 bits per heavy atom. The fourth-order valence-corrected chi connectivity index (χ4v) is 5.52. The molecule has 3 N–H and O–H groups in total. The number of aliphatic carboxylic acids is 1. The van der Waals surface area contributed by atoms with Crippen molar-refractivity contribution in [1.82, 2.24) is 15.5 Å². The van der Waals surface area contributed by atoms with Crippen molar-refractivity contribution in [3.8, 4) is 11.1 Å². The summed E-state index contributed by atoms with van der Waals surface area (Å²) < 4.78 is 5.75. The average Bonchev–Trinajstić information content (AvgIpc) is 3.49. The maximum Gasteiger partial charge on any atom is 0.408 e. The van der Waals surface area contributed by atoms with Crippen molar-refractivity contribution in [3.05, 3.63) is 108 Å². The van der Waals surface area contributed by atoms with Crippen LogP contribution in [-0.2, 0) is 20.9 Å². The summed E-state index contributed by atoms with van der Waals surface area (Å²) in [5.74, 6) is -1.56. The van der Waals surface area contributed by atoms with Gasteiger partial charge in [0.1, 0.15) is 12.1 Å². The van der Waals surface area contributed by atoms with Crippen LogP contribution in [0.1, 0.15) is 29.0 Å². The molecule has 5 rings (SSSR count). The Hall–Kier alpha value is -4.43. The van der Waals surface area contributed by atoms with E-state index < -0.39 is 17.6 Å². The SMILES string of the molecule is O=C(O)/C=C/CNC(=O)C1(NC(=O)OCC2c3ccccc3-c3ccccc32)CCN(Cc2ccccc2)C1. The first-order valence-electron chi connectivity index (χ1n) is 13.0. The number of carbonyl (C=O) groups excluding carboxylic acids is 2. The summed E-state index contributed by atoms with van der Waals surface area (Å²) in [4.78, 5) is 39.4.